The molecule has 0 atom stereocenters. The van der Waals surface area contributed by atoms with Gasteiger partial charge in [-0.2, -0.15) is 5.10 Å². The molecule has 0 aliphatic carbocycles. The molecule has 0 saturated carbocycles. The number of hydrogen-bond donors (Lipinski definition) is 2. The number of morpholine rings is 1. The molecule has 0 bridgehead atoms. The van der Waals surface area contributed by atoms with Gasteiger partial charge in [0.2, 0.25) is 0 Å². The Hall–Kier alpha value is -4.01. The highest BCUT2D eigenvalue weighted by Gasteiger charge is 2.11. The van der Waals surface area contributed by atoms with Crippen LogP contribution in [0.3, 0.4) is 0 Å². The van der Waals surface area contributed by atoms with Crippen LogP contribution in [0.2, 0.25) is 0 Å². The first kappa shape index (κ1) is 25.1. The molecule has 2 N–H and O–H groups in total. The number of hydrazone groups is 1. The Morgan fingerprint density at radius 2 is 1.64 bits per heavy atom. The zero-order valence-corrected chi connectivity index (χ0v) is 20.1. The Balaban J connectivity index is 1.17. The van der Waals surface area contributed by atoms with Crippen molar-refractivity contribution < 1.29 is 19.1 Å². The highest BCUT2D eigenvalue weighted by molar-refractivity contribution is 5.94. The second-order valence-corrected chi connectivity index (χ2v) is 8.40. The summed E-state index contributed by atoms with van der Waals surface area (Å²) < 4.78 is 10.9. The minimum absolute atomic E-state index is 0.0679. The molecule has 3 aromatic rings. The fourth-order valence-electron chi connectivity index (χ4n) is 3.66. The first-order chi connectivity index (χ1) is 17.7. The van der Waals surface area contributed by atoms with Crippen LogP contribution in [-0.4, -0.2) is 55.8 Å². The maximum Gasteiger partial charge on any atom is 0.271 e. The Morgan fingerprint density at radius 1 is 0.917 bits per heavy atom. The summed E-state index contributed by atoms with van der Waals surface area (Å²) in [5.74, 6) is 0.107. The molecule has 8 heteroatoms. The predicted octanol–water partition coefficient (Wildman–Crippen LogP) is 2.98. The van der Waals surface area contributed by atoms with Gasteiger partial charge >= 0.3 is 0 Å². The van der Waals surface area contributed by atoms with Crippen molar-refractivity contribution in [2.24, 2.45) is 5.10 Å². The van der Waals surface area contributed by atoms with Crippen LogP contribution in [-0.2, 0) is 22.6 Å². The molecular formula is C28H30N4O4. The molecule has 1 aliphatic heterocycles. The molecule has 36 heavy (non-hydrogen) atoms. The van der Waals surface area contributed by atoms with Gasteiger partial charge in [0.15, 0.2) is 6.61 Å². The molecule has 0 unspecified atom stereocenters. The highest BCUT2D eigenvalue weighted by Crippen LogP contribution is 2.12. The van der Waals surface area contributed by atoms with Gasteiger partial charge in [0.1, 0.15) is 5.75 Å². The summed E-state index contributed by atoms with van der Waals surface area (Å²) in [6, 6.07) is 24.3. The molecule has 8 nitrogen and oxygen atoms in total. The summed E-state index contributed by atoms with van der Waals surface area (Å²) >= 11 is 0. The summed E-state index contributed by atoms with van der Waals surface area (Å²) in [5.41, 5.74) is 6.08. The summed E-state index contributed by atoms with van der Waals surface area (Å²) in [4.78, 5) is 26.7. The number of amides is 2. The summed E-state index contributed by atoms with van der Waals surface area (Å²) in [6.07, 6.45) is 1.56. The summed E-state index contributed by atoms with van der Waals surface area (Å²) in [7, 11) is 0. The molecular weight excluding hydrogens is 456 g/mol. The van der Waals surface area contributed by atoms with E-state index in [9.17, 15) is 9.59 Å². The minimum atomic E-state index is -0.273. The van der Waals surface area contributed by atoms with Crippen molar-refractivity contribution in [2.75, 3.05) is 32.9 Å². The fourth-order valence-corrected chi connectivity index (χ4v) is 3.66. The monoisotopic (exact) mass is 486 g/mol. The number of carbonyl (C=O) groups excluding carboxylic acids is 2. The summed E-state index contributed by atoms with van der Waals surface area (Å²) in [6.45, 7) is 4.62. The van der Waals surface area contributed by atoms with Gasteiger partial charge in [0, 0.05) is 31.7 Å². The van der Waals surface area contributed by atoms with Crippen molar-refractivity contribution in [2.45, 2.75) is 13.1 Å². The number of benzene rings is 3. The van der Waals surface area contributed by atoms with E-state index >= 15 is 0 Å². The van der Waals surface area contributed by atoms with E-state index in [0.717, 1.165) is 49.5 Å². The van der Waals surface area contributed by atoms with Crippen LogP contribution in [0.15, 0.2) is 84.0 Å². The molecule has 186 valence electrons. The van der Waals surface area contributed by atoms with E-state index in [-0.39, 0.29) is 18.4 Å². The maximum absolute atomic E-state index is 12.4. The van der Waals surface area contributed by atoms with Crippen molar-refractivity contribution in [3.8, 4) is 5.75 Å². The molecule has 0 spiro atoms. The number of ether oxygens (including phenoxy) is 2. The van der Waals surface area contributed by atoms with Crippen LogP contribution >= 0.6 is 0 Å². The van der Waals surface area contributed by atoms with Crippen molar-refractivity contribution in [3.63, 3.8) is 0 Å². The first-order valence-electron chi connectivity index (χ1n) is 11.9. The number of hydrogen-bond acceptors (Lipinski definition) is 6. The number of carbonyl (C=O) groups is 2. The highest BCUT2D eigenvalue weighted by atomic mass is 16.5. The largest absolute Gasteiger partial charge is 0.484 e. The van der Waals surface area contributed by atoms with Crippen LogP contribution in [0.4, 0.5) is 0 Å². The van der Waals surface area contributed by atoms with E-state index in [2.05, 4.69) is 20.7 Å². The average Bonchev–Trinajstić information content (AvgIpc) is 2.93. The standard InChI is InChI=1S/C28H30N4O4/c33-27(29-18-22-4-2-1-3-5-22)21-36-26-12-8-23(9-13-26)19-30-31-28(34)25-10-6-24(7-11-25)20-32-14-16-35-17-15-32/h1-13,19H,14-18,20-21H2,(H,29,33)(H,31,34)/b30-19-. The van der Waals surface area contributed by atoms with Gasteiger partial charge in [0.25, 0.3) is 11.8 Å². The zero-order valence-electron chi connectivity index (χ0n) is 20.1. The topological polar surface area (TPSA) is 92.3 Å². The summed E-state index contributed by atoms with van der Waals surface area (Å²) in [5, 5.41) is 6.86. The van der Waals surface area contributed by atoms with Crippen LogP contribution in [0.5, 0.6) is 5.75 Å². The quantitative estimate of drug-likeness (QED) is 0.340. The van der Waals surface area contributed by atoms with E-state index < -0.39 is 0 Å². The third-order valence-electron chi connectivity index (χ3n) is 5.69. The minimum Gasteiger partial charge on any atom is -0.484 e. The van der Waals surface area contributed by atoms with E-state index in [1.807, 2.05) is 54.6 Å². The molecule has 0 aromatic heterocycles. The Bertz CT molecular complexity index is 1140. The fraction of sp³-hybridized carbons (Fsp3) is 0.250. The van der Waals surface area contributed by atoms with Gasteiger partial charge < -0.3 is 14.8 Å². The molecule has 0 radical (unpaired) electrons. The van der Waals surface area contributed by atoms with E-state index in [1.165, 1.54) is 0 Å². The average molecular weight is 487 g/mol. The Kier molecular flexibility index (Phi) is 9.19. The second kappa shape index (κ2) is 13.2. The second-order valence-electron chi connectivity index (χ2n) is 8.40. The predicted molar refractivity (Wildman–Crippen MR) is 138 cm³/mol. The zero-order chi connectivity index (χ0) is 25.0. The molecule has 3 aromatic carbocycles. The van der Waals surface area contributed by atoms with Crippen molar-refractivity contribution in [1.82, 2.24) is 15.6 Å². The van der Waals surface area contributed by atoms with Gasteiger partial charge in [-0.15, -0.1) is 0 Å². The molecule has 4 rings (SSSR count). The SMILES string of the molecule is O=C(COc1ccc(/C=N\NC(=O)c2ccc(CN3CCOCC3)cc2)cc1)NCc1ccccc1. The van der Waals surface area contributed by atoms with E-state index in [4.69, 9.17) is 9.47 Å². The third-order valence-corrected chi connectivity index (χ3v) is 5.69. The van der Waals surface area contributed by atoms with Gasteiger partial charge in [0.05, 0.1) is 19.4 Å². The molecule has 1 aliphatic rings. The molecule has 1 heterocycles. The Morgan fingerprint density at radius 3 is 2.36 bits per heavy atom. The normalized spacial score (nSPS) is 13.9. The first-order valence-corrected chi connectivity index (χ1v) is 11.9. The smallest absolute Gasteiger partial charge is 0.271 e. The number of nitrogens with one attached hydrogen (secondary N) is 2. The Labute approximate surface area is 210 Å². The lowest BCUT2D eigenvalue weighted by molar-refractivity contribution is -0.123. The molecule has 1 saturated heterocycles. The van der Waals surface area contributed by atoms with Gasteiger partial charge in [-0.1, -0.05) is 42.5 Å². The van der Waals surface area contributed by atoms with E-state index in [1.54, 1.807) is 30.5 Å². The lowest BCUT2D eigenvalue weighted by atomic mass is 10.1. The van der Waals surface area contributed by atoms with E-state index in [0.29, 0.717) is 17.9 Å². The van der Waals surface area contributed by atoms with Crippen LogP contribution in [0.25, 0.3) is 0 Å². The van der Waals surface area contributed by atoms with Crippen molar-refractivity contribution in [1.29, 1.82) is 0 Å². The molecule has 2 amide bonds. The lowest BCUT2D eigenvalue weighted by Gasteiger charge is -2.26. The maximum atomic E-state index is 12.4. The van der Waals surface area contributed by atoms with Crippen molar-refractivity contribution in [3.05, 3.63) is 101 Å². The van der Waals surface area contributed by atoms with Crippen molar-refractivity contribution >= 4 is 18.0 Å². The lowest BCUT2D eigenvalue weighted by Crippen LogP contribution is -2.35. The number of nitrogens with zero attached hydrogens (tertiary/aromatic N) is 2. The van der Waals surface area contributed by atoms with Gasteiger partial charge in [-0.3, -0.25) is 14.5 Å². The third kappa shape index (κ3) is 8.04. The van der Waals surface area contributed by atoms with Gasteiger partial charge in [-0.05, 0) is 53.1 Å². The molecule has 1 fully saturated rings. The van der Waals surface area contributed by atoms with Crippen LogP contribution < -0.4 is 15.5 Å². The van der Waals surface area contributed by atoms with Crippen LogP contribution in [0.1, 0.15) is 27.0 Å². The number of rotatable bonds is 10. The van der Waals surface area contributed by atoms with Gasteiger partial charge in [-0.25, -0.2) is 5.43 Å². The van der Waals surface area contributed by atoms with Crippen LogP contribution in [0, 0.1) is 0 Å².